The van der Waals surface area contributed by atoms with Gasteiger partial charge in [-0.05, 0) is 19.4 Å². The molecule has 0 fully saturated rings. The lowest BCUT2D eigenvalue weighted by atomic mass is 10.1. The van der Waals surface area contributed by atoms with Crippen molar-refractivity contribution in [3.63, 3.8) is 0 Å². The van der Waals surface area contributed by atoms with Gasteiger partial charge < -0.3 is 9.88 Å². The van der Waals surface area contributed by atoms with Gasteiger partial charge in [0.25, 0.3) is 0 Å². The maximum atomic E-state index is 4.33. The van der Waals surface area contributed by atoms with Crippen molar-refractivity contribution in [2.75, 3.05) is 6.54 Å². The van der Waals surface area contributed by atoms with Gasteiger partial charge in [0.05, 0.1) is 6.54 Å². The van der Waals surface area contributed by atoms with E-state index in [1.165, 1.54) is 16.7 Å². The zero-order valence-corrected chi connectivity index (χ0v) is 10.2. The quantitative estimate of drug-likeness (QED) is 0.807. The summed E-state index contributed by atoms with van der Waals surface area (Å²) in [4.78, 5) is 0. The number of hydrogen-bond donors (Lipinski definition) is 1. The molecular formula is C13H16N4. The van der Waals surface area contributed by atoms with Gasteiger partial charge in [-0.25, -0.2) is 0 Å². The zero-order valence-electron chi connectivity index (χ0n) is 10.2. The maximum Gasteiger partial charge on any atom is 0.164 e. The minimum atomic E-state index is 0.817. The van der Waals surface area contributed by atoms with E-state index in [9.17, 15) is 0 Å². The molecular weight excluding hydrogens is 212 g/mol. The van der Waals surface area contributed by atoms with Crippen LogP contribution in [0.15, 0.2) is 18.2 Å². The predicted octanol–water partition coefficient (Wildman–Crippen LogP) is 1.67. The molecule has 0 unspecified atom stereocenters. The van der Waals surface area contributed by atoms with E-state index in [0.29, 0.717) is 0 Å². The first kappa shape index (κ1) is 10.5. The fourth-order valence-corrected chi connectivity index (χ4v) is 2.36. The van der Waals surface area contributed by atoms with E-state index in [-0.39, 0.29) is 0 Å². The normalized spacial score (nSPS) is 14.7. The zero-order chi connectivity index (χ0) is 11.8. The van der Waals surface area contributed by atoms with E-state index in [1.807, 2.05) is 0 Å². The molecule has 0 bridgehead atoms. The second kappa shape index (κ2) is 3.96. The summed E-state index contributed by atoms with van der Waals surface area (Å²) in [6, 6.07) is 6.47. The summed E-state index contributed by atoms with van der Waals surface area (Å²) in [6.45, 7) is 7.00. The molecule has 0 radical (unpaired) electrons. The summed E-state index contributed by atoms with van der Waals surface area (Å²) in [5.41, 5.74) is 3.74. The monoisotopic (exact) mass is 228 g/mol. The largest absolute Gasteiger partial charge is 0.309 e. The Balaban J connectivity index is 2.12. The first-order valence-corrected chi connectivity index (χ1v) is 5.96. The Morgan fingerprint density at radius 1 is 1.24 bits per heavy atom. The van der Waals surface area contributed by atoms with Crippen molar-refractivity contribution in [1.82, 2.24) is 20.1 Å². The molecule has 1 aliphatic heterocycles. The van der Waals surface area contributed by atoms with Gasteiger partial charge in [-0.15, -0.1) is 10.2 Å². The summed E-state index contributed by atoms with van der Waals surface area (Å²) < 4.78 is 2.22. The van der Waals surface area contributed by atoms with Gasteiger partial charge >= 0.3 is 0 Å². The van der Waals surface area contributed by atoms with Gasteiger partial charge in [0.2, 0.25) is 0 Å². The van der Waals surface area contributed by atoms with E-state index < -0.39 is 0 Å². The molecule has 0 atom stereocenters. The standard InChI is InChI=1S/C13H16N4/c1-9-3-4-11(10(2)7-9)13-16-15-12-8-14-5-6-17(12)13/h3-4,7,14H,5-6,8H2,1-2H3. The number of hydrogen-bond acceptors (Lipinski definition) is 3. The molecule has 1 aliphatic rings. The average molecular weight is 228 g/mol. The van der Waals surface area contributed by atoms with E-state index in [1.54, 1.807) is 0 Å². The van der Waals surface area contributed by atoms with E-state index in [4.69, 9.17) is 0 Å². The second-order valence-corrected chi connectivity index (χ2v) is 4.59. The third-order valence-electron chi connectivity index (χ3n) is 3.25. The topological polar surface area (TPSA) is 42.7 Å². The van der Waals surface area contributed by atoms with Crippen molar-refractivity contribution in [3.05, 3.63) is 35.2 Å². The fraction of sp³-hybridized carbons (Fsp3) is 0.385. The smallest absolute Gasteiger partial charge is 0.164 e. The van der Waals surface area contributed by atoms with Gasteiger partial charge in [-0.2, -0.15) is 0 Å². The number of nitrogens with one attached hydrogen (secondary N) is 1. The first-order valence-electron chi connectivity index (χ1n) is 5.96. The van der Waals surface area contributed by atoms with Crippen LogP contribution in [-0.4, -0.2) is 21.3 Å². The summed E-state index contributed by atoms with van der Waals surface area (Å²) in [7, 11) is 0. The highest BCUT2D eigenvalue weighted by Gasteiger charge is 2.17. The Labute approximate surface area is 101 Å². The van der Waals surface area contributed by atoms with Crippen LogP contribution in [0.25, 0.3) is 11.4 Å². The number of aromatic nitrogens is 3. The van der Waals surface area contributed by atoms with Crippen LogP contribution in [0.2, 0.25) is 0 Å². The first-order chi connectivity index (χ1) is 8.25. The third kappa shape index (κ3) is 1.74. The van der Waals surface area contributed by atoms with Gasteiger partial charge in [0.1, 0.15) is 5.82 Å². The third-order valence-corrected chi connectivity index (χ3v) is 3.25. The molecule has 88 valence electrons. The number of benzene rings is 1. The van der Waals surface area contributed by atoms with E-state index in [0.717, 1.165) is 31.3 Å². The summed E-state index contributed by atoms with van der Waals surface area (Å²) in [5.74, 6) is 2.03. The Morgan fingerprint density at radius 2 is 2.12 bits per heavy atom. The Kier molecular flexibility index (Phi) is 2.44. The maximum absolute atomic E-state index is 4.33. The molecule has 4 nitrogen and oxygen atoms in total. The van der Waals surface area contributed by atoms with Crippen LogP contribution in [-0.2, 0) is 13.1 Å². The minimum Gasteiger partial charge on any atom is -0.309 e. The van der Waals surface area contributed by atoms with E-state index in [2.05, 4.69) is 52.1 Å². The molecule has 2 heterocycles. The van der Waals surface area contributed by atoms with Crippen molar-refractivity contribution < 1.29 is 0 Å². The van der Waals surface area contributed by atoms with Gasteiger partial charge in [-0.1, -0.05) is 23.8 Å². The minimum absolute atomic E-state index is 0.817. The van der Waals surface area contributed by atoms with Crippen molar-refractivity contribution in [2.24, 2.45) is 0 Å². The number of nitrogens with zero attached hydrogens (tertiary/aromatic N) is 3. The van der Waals surface area contributed by atoms with Crippen LogP contribution in [0.5, 0.6) is 0 Å². The lowest BCUT2D eigenvalue weighted by molar-refractivity contribution is 0.508. The van der Waals surface area contributed by atoms with Crippen molar-refractivity contribution in [3.8, 4) is 11.4 Å². The average Bonchev–Trinajstić information content (AvgIpc) is 2.73. The SMILES string of the molecule is Cc1ccc(-c2nnc3n2CCNC3)c(C)c1. The van der Waals surface area contributed by atoms with Crippen molar-refractivity contribution >= 4 is 0 Å². The Morgan fingerprint density at radius 3 is 2.94 bits per heavy atom. The molecule has 1 N–H and O–H groups in total. The molecule has 3 rings (SSSR count). The van der Waals surface area contributed by atoms with E-state index >= 15 is 0 Å². The number of fused-ring (bicyclic) bond motifs is 1. The molecule has 0 amide bonds. The Bertz CT molecular complexity index is 557. The van der Waals surface area contributed by atoms with Crippen LogP contribution >= 0.6 is 0 Å². The highest BCUT2D eigenvalue weighted by molar-refractivity contribution is 5.61. The highest BCUT2D eigenvalue weighted by atomic mass is 15.3. The van der Waals surface area contributed by atoms with Gasteiger partial charge in [0.15, 0.2) is 5.82 Å². The lowest BCUT2D eigenvalue weighted by Gasteiger charge is -2.16. The number of aryl methyl sites for hydroxylation is 2. The molecule has 0 aliphatic carbocycles. The molecule has 0 spiro atoms. The van der Waals surface area contributed by atoms with Gasteiger partial charge in [0, 0.05) is 18.7 Å². The van der Waals surface area contributed by atoms with Crippen molar-refractivity contribution in [1.29, 1.82) is 0 Å². The summed E-state index contributed by atoms with van der Waals surface area (Å²) in [6.07, 6.45) is 0. The van der Waals surface area contributed by atoms with Crippen LogP contribution in [0.3, 0.4) is 0 Å². The molecule has 2 aromatic rings. The molecule has 4 heteroatoms. The van der Waals surface area contributed by atoms with Gasteiger partial charge in [-0.3, -0.25) is 0 Å². The van der Waals surface area contributed by atoms with Crippen LogP contribution < -0.4 is 5.32 Å². The fourth-order valence-electron chi connectivity index (χ4n) is 2.36. The van der Waals surface area contributed by atoms with Crippen LogP contribution in [0.1, 0.15) is 17.0 Å². The van der Waals surface area contributed by atoms with Crippen molar-refractivity contribution in [2.45, 2.75) is 26.9 Å². The molecule has 0 saturated heterocycles. The summed E-state index contributed by atoms with van der Waals surface area (Å²) in [5, 5.41) is 11.9. The molecule has 1 aromatic heterocycles. The Hall–Kier alpha value is -1.68. The molecule has 1 aromatic carbocycles. The lowest BCUT2D eigenvalue weighted by Crippen LogP contribution is -2.28. The highest BCUT2D eigenvalue weighted by Crippen LogP contribution is 2.24. The summed E-state index contributed by atoms with van der Waals surface area (Å²) >= 11 is 0. The number of rotatable bonds is 1. The van der Waals surface area contributed by atoms with Crippen LogP contribution in [0.4, 0.5) is 0 Å². The predicted molar refractivity (Wildman–Crippen MR) is 66.6 cm³/mol. The second-order valence-electron chi connectivity index (χ2n) is 4.59. The van der Waals surface area contributed by atoms with Crippen LogP contribution in [0, 0.1) is 13.8 Å². The molecule has 17 heavy (non-hydrogen) atoms. The molecule has 0 saturated carbocycles.